The van der Waals surface area contributed by atoms with Gasteiger partial charge in [-0.2, -0.15) is 0 Å². The Bertz CT molecular complexity index is 1100. The molecule has 158 valence electrons. The number of nitrogens with zero attached hydrogens (tertiary/aromatic N) is 1. The molecular formula is C24H23N3O4. The van der Waals surface area contributed by atoms with Gasteiger partial charge in [-0.15, -0.1) is 0 Å². The molecule has 2 N–H and O–H groups in total. The average Bonchev–Trinajstić information content (AvgIpc) is 3.49. The number of hydrogen-bond acceptors (Lipinski definition) is 4. The van der Waals surface area contributed by atoms with Crippen LogP contribution in [0.3, 0.4) is 0 Å². The Labute approximate surface area is 180 Å². The Morgan fingerprint density at radius 3 is 2.55 bits per heavy atom. The maximum absolute atomic E-state index is 12.8. The second-order valence-electron chi connectivity index (χ2n) is 7.50. The molecule has 7 nitrogen and oxygen atoms in total. The number of hydrogen-bond donors (Lipinski definition) is 2. The number of amides is 3. The van der Waals surface area contributed by atoms with Crippen LogP contribution in [0.1, 0.15) is 39.3 Å². The van der Waals surface area contributed by atoms with Gasteiger partial charge in [-0.25, -0.2) is 0 Å². The maximum atomic E-state index is 12.8. The van der Waals surface area contributed by atoms with E-state index in [-0.39, 0.29) is 35.9 Å². The monoisotopic (exact) mass is 417 g/mol. The fraction of sp³-hybridized carbons (Fsp3) is 0.208. The van der Waals surface area contributed by atoms with Crippen molar-refractivity contribution in [1.29, 1.82) is 0 Å². The lowest BCUT2D eigenvalue weighted by molar-refractivity contribution is -0.119. The third kappa shape index (κ3) is 4.83. The molecule has 0 bridgehead atoms. The van der Waals surface area contributed by atoms with Crippen molar-refractivity contribution >= 4 is 29.1 Å². The predicted octanol–water partition coefficient (Wildman–Crippen LogP) is 3.83. The number of carbonyl (C=O) groups excluding carboxylic acids is 3. The molecule has 1 heterocycles. The molecule has 0 atom stereocenters. The highest BCUT2D eigenvalue weighted by Crippen LogP contribution is 2.33. The molecule has 0 spiro atoms. The van der Waals surface area contributed by atoms with Crippen LogP contribution in [0.4, 0.5) is 11.4 Å². The number of nitrogens with one attached hydrogen (secondary N) is 2. The van der Waals surface area contributed by atoms with Crippen molar-refractivity contribution in [2.75, 3.05) is 17.3 Å². The van der Waals surface area contributed by atoms with E-state index in [9.17, 15) is 14.4 Å². The van der Waals surface area contributed by atoms with E-state index in [1.54, 1.807) is 60.5 Å². The van der Waals surface area contributed by atoms with Crippen molar-refractivity contribution in [1.82, 2.24) is 5.32 Å². The van der Waals surface area contributed by atoms with E-state index in [4.69, 9.17) is 4.42 Å². The van der Waals surface area contributed by atoms with Crippen LogP contribution in [0.25, 0.3) is 0 Å². The summed E-state index contributed by atoms with van der Waals surface area (Å²) >= 11 is 0. The van der Waals surface area contributed by atoms with E-state index < -0.39 is 0 Å². The molecule has 0 saturated heterocycles. The van der Waals surface area contributed by atoms with Gasteiger partial charge in [-0.05, 0) is 54.8 Å². The van der Waals surface area contributed by atoms with Crippen LogP contribution in [0.2, 0.25) is 0 Å². The molecule has 0 aliphatic heterocycles. The molecule has 3 amide bonds. The SMILES string of the molecule is CN(C(=O)C1CC1)c1ccccc1C(=O)NCc1cccc(NC(=O)c2ccco2)c1. The molecular weight excluding hydrogens is 394 g/mol. The van der Waals surface area contributed by atoms with Crippen molar-refractivity contribution in [3.63, 3.8) is 0 Å². The first-order valence-electron chi connectivity index (χ1n) is 10.1. The summed E-state index contributed by atoms with van der Waals surface area (Å²) in [4.78, 5) is 39.0. The minimum atomic E-state index is -0.344. The smallest absolute Gasteiger partial charge is 0.291 e. The van der Waals surface area contributed by atoms with Gasteiger partial charge in [0, 0.05) is 25.2 Å². The fourth-order valence-corrected chi connectivity index (χ4v) is 3.32. The first kappa shape index (κ1) is 20.4. The Morgan fingerprint density at radius 1 is 1.00 bits per heavy atom. The second-order valence-corrected chi connectivity index (χ2v) is 7.50. The summed E-state index contributed by atoms with van der Waals surface area (Å²) in [5.74, 6) is -0.278. The molecule has 0 unspecified atom stereocenters. The zero-order valence-corrected chi connectivity index (χ0v) is 17.1. The summed E-state index contributed by atoms with van der Waals surface area (Å²) in [6, 6.07) is 17.5. The predicted molar refractivity (Wildman–Crippen MR) is 117 cm³/mol. The number of para-hydroxylation sites is 1. The Kier molecular flexibility index (Phi) is 5.84. The minimum absolute atomic E-state index is 0.0419. The summed E-state index contributed by atoms with van der Waals surface area (Å²) in [5, 5.41) is 5.66. The lowest BCUT2D eigenvalue weighted by atomic mass is 10.1. The van der Waals surface area contributed by atoms with Crippen molar-refractivity contribution in [2.45, 2.75) is 19.4 Å². The summed E-state index contributed by atoms with van der Waals surface area (Å²) < 4.78 is 5.09. The standard InChI is InChI=1S/C24H23N3O4/c1-27(24(30)17-11-12-17)20-9-3-2-8-19(20)22(28)25-15-16-6-4-7-18(14-16)26-23(29)21-10-5-13-31-21/h2-10,13-14,17H,11-12,15H2,1H3,(H,25,28)(H,26,29). The molecule has 31 heavy (non-hydrogen) atoms. The van der Waals surface area contributed by atoms with Crippen LogP contribution in [0.15, 0.2) is 71.3 Å². The van der Waals surface area contributed by atoms with Gasteiger partial charge in [0.15, 0.2) is 5.76 Å². The summed E-state index contributed by atoms with van der Waals surface area (Å²) in [6.45, 7) is 0.276. The molecule has 1 aromatic heterocycles. The fourth-order valence-electron chi connectivity index (χ4n) is 3.32. The maximum Gasteiger partial charge on any atom is 0.291 e. The topological polar surface area (TPSA) is 91.7 Å². The number of anilines is 2. The lowest BCUT2D eigenvalue weighted by Crippen LogP contribution is -2.31. The van der Waals surface area contributed by atoms with Gasteiger partial charge in [0.2, 0.25) is 5.91 Å². The molecule has 0 radical (unpaired) electrons. The normalized spacial score (nSPS) is 12.8. The van der Waals surface area contributed by atoms with Crippen LogP contribution in [0.5, 0.6) is 0 Å². The van der Waals surface area contributed by atoms with Gasteiger partial charge in [0.1, 0.15) is 0 Å². The Balaban J connectivity index is 1.41. The minimum Gasteiger partial charge on any atom is -0.459 e. The highest BCUT2D eigenvalue weighted by molar-refractivity contribution is 6.05. The number of rotatable bonds is 7. The third-order valence-corrected chi connectivity index (χ3v) is 5.15. The summed E-state index contributed by atoms with van der Waals surface area (Å²) in [5.41, 5.74) is 2.46. The highest BCUT2D eigenvalue weighted by atomic mass is 16.3. The lowest BCUT2D eigenvalue weighted by Gasteiger charge is -2.20. The van der Waals surface area contributed by atoms with E-state index in [0.717, 1.165) is 18.4 Å². The molecule has 7 heteroatoms. The summed E-state index contributed by atoms with van der Waals surface area (Å²) in [7, 11) is 1.71. The Hall–Kier alpha value is -3.87. The van der Waals surface area contributed by atoms with Gasteiger partial charge < -0.3 is 20.0 Å². The molecule has 4 rings (SSSR count). The van der Waals surface area contributed by atoms with Gasteiger partial charge in [-0.1, -0.05) is 24.3 Å². The summed E-state index contributed by atoms with van der Waals surface area (Å²) in [6.07, 6.45) is 3.25. The largest absolute Gasteiger partial charge is 0.459 e. The molecule has 1 aliphatic carbocycles. The number of furan rings is 1. The third-order valence-electron chi connectivity index (χ3n) is 5.15. The van der Waals surface area contributed by atoms with Crippen LogP contribution in [-0.4, -0.2) is 24.8 Å². The highest BCUT2D eigenvalue weighted by Gasteiger charge is 2.33. The zero-order chi connectivity index (χ0) is 21.8. The molecule has 1 fully saturated rings. The van der Waals surface area contributed by atoms with Crippen LogP contribution in [-0.2, 0) is 11.3 Å². The second kappa shape index (κ2) is 8.87. The van der Waals surface area contributed by atoms with Gasteiger partial charge >= 0.3 is 0 Å². The van der Waals surface area contributed by atoms with Gasteiger partial charge in [-0.3, -0.25) is 14.4 Å². The van der Waals surface area contributed by atoms with Crippen LogP contribution in [0, 0.1) is 5.92 Å². The Morgan fingerprint density at radius 2 is 1.81 bits per heavy atom. The van der Waals surface area contributed by atoms with E-state index in [0.29, 0.717) is 16.9 Å². The first-order chi connectivity index (χ1) is 15.0. The van der Waals surface area contributed by atoms with Crippen molar-refractivity contribution in [3.05, 3.63) is 83.8 Å². The average molecular weight is 417 g/mol. The quantitative estimate of drug-likeness (QED) is 0.611. The molecule has 2 aromatic carbocycles. The van der Waals surface area contributed by atoms with Crippen LogP contribution >= 0.6 is 0 Å². The van der Waals surface area contributed by atoms with E-state index >= 15 is 0 Å². The molecule has 3 aromatic rings. The molecule has 1 saturated carbocycles. The first-order valence-corrected chi connectivity index (χ1v) is 10.1. The van der Waals surface area contributed by atoms with Crippen molar-refractivity contribution < 1.29 is 18.8 Å². The number of carbonyl (C=O) groups is 3. The number of benzene rings is 2. The molecule has 1 aliphatic rings. The van der Waals surface area contributed by atoms with Gasteiger partial charge in [0.05, 0.1) is 17.5 Å². The van der Waals surface area contributed by atoms with E-state index in [1.807, 2.05) is 12.1 Å². The van der Waals surface area contributed by atoms with E-state index in [1.165, 1.54) is 6.26 Å². The van der Waals surface area contributed by atoms with Crippen molar-refractivity contribution in [2.24, 2.45) is 5.92 Å². The zero-order valence-electron chi connectivity index (χ0n) is 17.1. The van der Waals surface area contributed by atoms with Crippen LogP contribution < -0.4 is 15.5 Å². The van der Waals surface area contributed by atoms with Gasteiger partial charge in [0.25, 0.3) is 11.8 Å². The van der Waals surface area contributed by atoms with E-state index in [2.05, 4.69) is 10.6 Å². The van der Waals surface area contributed by atoms with Crippen molar-refractivity contribution in [3.8, 4) is 0 Å².